The molecule has 0 saturated carbocycles. The summed E-state index contributed by atoms with van der Waals surface area (Å²) in [4.78, 5) is 36.2. The number of nitro benzene ring substituents is 1. The monoisotopic (exact) mass is 386 g/mol. The summed E-state index contributed by atoms with van der Waals surface area (Å²) >= 11 is 0. The molecule has 8 nitrogen and oxygen atoms in total. The highest BCUT2D eigenvalue weighted by Crippen LogP contribution is 2.20. The van der Waals surface area contributed by atoms with Crippen molar-refractivity contribution in [2.45, 2.75) is 13.3 Å². The molecule has 0 aliphatic rings. The molecule has 148 valence electrons. The normalized spacial score (nSPS) is 10.2. The minimum atomic E-state index is -0.743. The Labute approximate surface area is 162 Å². The molecule has 2 rings (SSSR count). The van der Waals surface area contributed by atoms with Gasteiger partial charge in [0.2, 0.25) is 0 Å². The number of aryl methyl sites for hydroxylation is 1. The number of esters is 1. The van der Waals surface area contributed by atoms with Crippen LogP contribution >= 0.6 is 0 Å². The Balaban J connectivity index is 2.01. The van der Waals surface area contributed by atoms with Gasteiger partial charge in [0.1, 0.15) is 5.75 Å². The first kappa shape index (κ1) is 20.9. The standard InChI is InChI=1S/C20H22N2O6/c1-14-7-4-5-8-18(14)28-10-6-9-21(2)19(23)15-11-16(20(24)27-3)13-17(12-15)22(25)26/h4-5,7-8,11-13H,6,9-10H2,1-3H3. The summed E-state index contributed by atoms with van der Waals surface area (Å²) in [7, 11) is 2.76. The zero-order valence-electron chi connectivity index (χ0n) is 16.0. The number of nitro groups is 1. The molecule has 2 aromatic carbocycles. The molecule has 0 unspecified atom stereocenters. The lowest BCUT2D eigenvalue weighted by molar-refractivity contribution is -0.384. The van der Waals surface area contributed by atoms with E-state index < -0.39 is 16.8 Å². The molecular formula is C20H22N2O6. The van der Waals surface area contributed by atoms with Crippen LogP contribution in [0.2, 0.25) is 0 Å². The van der Waals surface area contributed by atoms with Gasteiger partial charge in [0.25, 0.3) is 11.6 Å². The van der Waals surface area contributed by atoms with Crippen molar-refractivity contribution < 1.29 is 24.0 Å². The summed E-state index contributed by atoms with van der Waals surface area (Å²) in [5.74, 6) is -0.380. The van der Waals surface area contributed by atoms with Gasteiger partial charge >= 0.3 is 5.97 Å². The van der Waals surface area contributed by atoms with Crippen molar-refractivity contribution in [3.63, 3.8) is 0 Å². The largest absolute Gasteiger partial charge is 0.493 e. The van der Waals surface area contributed by atoms with E-state index in [9.17, 15) is 19.7 Å². The van der Waals surface area contributed by atoms with Crippen molar-refractivity contribution >= 4 is 17.6 Å². The zero-order valence-corrected chi connectivity index (χ0v) is 16.0. The predicted octanol–water partition coefficient (Wildman–Crippen LogP) is 3.23. The smallest absolute Gasteiger partial charge is 0.338 e. The molecule has 0 fully saturated rings. The van der Waals surface area contributed by atoms with Gasteiger partial charge < -0.3 is 14.4 Å². The molecule has 0 radical (unpaired) electrons. The van der Waals surface area contributed by atoms with Gasteiger partial charge in [-0.05, 0) is 31.0 Å². The van der Waals surface area contributed by atoms with Gasteiger partial charge in [0, 0.05) is 31.3 Å². The first-order valence-corrected chi connectivity index (χ1v) is 8.65. The number of carbonyl (C=O) groups is 2. The third-order valence-electron chi connectivity index (χ3n) is 4.13. The Morgan fingerprint density at radius 1 is 1.14 bits per heavy atom. The molecule has 0 saturated heterocycles. The van der Waals surface area contributed by atoms with Gasteiger partial charge in [-0.25, -0.2) is 4.79 Å². The van der Waals surface area contributed by atoms with Crippen LogP contribution in [0.4, 0.5) is 5.69 Å². The third-order valence-corrected chi connectivity index (χ3v) is 4.13. The van der Waals surface area contributed by atoms with Crippen LogP contribution in [0, 0.1) is 17.0 Å². The van der Waals surface area contributed by atoms with Crippen molar-refractivity contribution in [2.24, 2.45) is 0 Å². The lowest BCUT2D eigenvalue weighted by atomic mass is 10.1. The maximum atomic E-state index is 12.6. The highest BCUT2D eigenvalue weighted by Gasteiger charge is 2.20. The quantitative estimate of drug-likeness (QED) is 0.299. The van der Waals surface area contributed by atoms with Crippen LogP contribution in [0.5, 0.6) is 5.75 Å². The van der Waals surface area contributed by atoms with E-state index in [1.54, 1.807) is 7.05 Å². The second-order valence-corrected chi connectivity index (χ2v) is 6.21. The summed E-state index contributed by atoms with van der Waals surface area (Å²) < 4.78 is 10.3. The molecular weight excluding hydrogens is 364 g/mol. The fourth-order valence-electron chi connectivity index (χ4n) is 2.60. The van der Waals surface area contributed by atoms with Crippen LogP contribution in [0.1, 0.15) is 32.7 Å². The van der Waals surface area contributed by atoms with Crippen molar-refractivity contribution in [3.05, 3.63) is 69.3 Å². The average Bonchev–Trinajstić information content (AvgIpc) is 2.70. The SMILES string of the molecule is COC(=O)c1cc(C(=O)N(C)CCCOc2ccccc2C)cc([N+](=O)[O-])c1. The second-order valence-electron chi connectivity index (χ2n) is 6.21. The van der Waals surface area contributed by atoms with Crippen LogP contribution in [-0.2, 0) is 4.74 Å². The molecule has 0 N–H and O–H groups in total. The Morgan fingerprint density at radius 2 is 1.82 bits per heavy atom. The predicted molar refractivity (Wildman–Crippen MR) is 103 cm³/mol. The zero-order chi connectivity index (χ0) is 20.7. The van der Waals surface area contributed by atoms with Crippen LogP contribution in [0.3, 0.4) is 0 Å². The number of rotatable bonds is 8. The number of nitrogens with zero attached hydrogens (tertiary/aromatic N) is 2. The van der Waals surface area contributed by atoms with Gasteiger partial charge in [-0.15, -0.1) is 0 Å². The number of methoxy groups -OCH3 is 1. The molecule has 0 heterocycles. The van der Waals surface area contributed by atoms with Crippen molar-refractivity contribution in [3.8, 4) is 5.75 Å². The number of para-hydroxylation sites is 1. The van der Waals surface area contributed by atoms with Crippen LogP contribution < -0.4 is 4.74 Å². The number of amides is 1. The number of carbonyl (C=O) groups excluding carboxylic acids is 2. The van der Waals surface area contributed by atoms with Gasteiger partial charge in [-0.1, -0.05) is 18.2 Å². The Bertz CT molecular complexity index is 881. The maximum Gasteiger partial charge on any atom is 0.338 e. The summed E-state index contributed by atoms with van der Waals surface area (Å²) in [5.41, 5.74) is 0.690. The van der Waals surface area contributed by atoms with E-state index in [-0.39, 0.29) is 16.8 Å². The lowest BCUT2D eigenvalue weighted by Crippen LogP contribution is -2.29. The van der Waals surface area contributed by atoms with Crippen molar-refractivity contribution in [2.75, 3.05) is 27.3 Å². The maximum absolute atomic E-state index is 12.6. The van der Waals surface area contributed by atoms with Gasteiger partial charge in [-0.2, -0.15) is 0 Å². The summed E-state index contributed by atoms with van der Waals surface area (Å²) in [6.45, 7) is 2.76. The number of hydrogen-bond donors (Lipinski definition) is 0. The topological polar surface area (TPSA) is 99.0 Å². The number of benzene rings is 2. The highest BCUT2D eigenvalue weighted by molar-refractivity contribution is 5.98. The van der Waals surface area contributed by atoms with Crippen molar-refractivity contribution in [1.82, 2.24) is 4.90 Å². The van der Waals surface area contributed by atoms with Crippen LogP contribution in [0.25, 0.3) is 0 Å². The third kappa shape index (κ3) is 5.29. The van der Waals surface area contributed by atoms with Gasteiger partial charge in [0.15, 0.2) is 0 Å². The molecule has 8 heteroatoms. The Kier molecular flexibility index (Phi) is 7.08. The Hall–Kier alpha value is -3.42. The molecule has 28 heavy (non-hydrogen) atoms. The summed E-state index contributed by atoms with van der Waals surface area (Å²) in [6.07, 6.45) is 0.579. The minimum Gasteiger partial charge on any atom is -0.493 e. The summed E-state index contributed by atoms with van der Waals surface area (Å²) in [6, 6.07) is 11.2. The number of ether oxygens (including phenoxy) is 2. The average molecular weight is 386 g/mol. The van der Waals surface area contributed by atoms with Crippen LogP contribution in [-0.4, -0.2) is 49.0 Å². The van der Waals surface area contributed by atoms with Crippen LogP contribution in [0.15, 0.2) is 42.5 Å². The van der Waals surface area contributed by atoms with E-state index in [0.29, 0.717) is 19.6 Å². The van der Waals surface area contributed by atoms with E-state index in [2.05, 4.69) is 4.74 Å². The molecule has 0 bridgehead atoms. The first-order chi connectivity index (χ1) is 13.3. The molecule has 2 aromatic rings. The van der Waals surface area contributed by atoms with E-state index >= 15 is 0 Å². The first-order valence-electron chi connectivity index (χ1n) is 8.65. The van der Waals surface area contributed by atoms with E-state index in [0.717, 1.165) is 23.4 Å². The van der Waals surface area contributed by atoms with E-state index in [4.69, 9.17) is 4.74 Å². The number of hydrogen-bond acceptors (Lipinski definition) is 6. The van der Waals surface area contributed by atoms with Gasteiger partial charge in [0.05, 0.1) is 24.2 Å². The fourth-order valence-corrected chi connectivity index (χ4v) is 2.60. The van der Waals surface area contributed by atoms with E-state index in [1.807, 2.05) is 31.2 Å². The molecule has 0 aliphatic heterocycles. The Morgan fingerprint density at radius 3 is 2.46 bits per heavy atom. The van der Waals surface area contributed by atoms with Gasteiger partial charge in [-0.3, -0.25) is 14.9 Å². The molecule has 1 amide bonds. The molecule has 0 spiro atoms. The molecule has 0 atom stereocenters. The number of non-ortho nitro benzene ring substituents is 1. The van der Waals surface area contributed by atoms with E-state index in [1.165, 1.54) is 18.1 Å². The summed E-state index contributed by atoms with van der Waals surface area (Å²) in [5, 5.41) is 11.1. The second kappa shape index (κ2) is 9.50. The lowest BCUT2D eigenvalue weighted by Gasteiger charge is -2.18. The fraction of sp³-hybridized carbons (Fsp3) is 0.300. The van der Waals surface area contributed by atoms with Crippen molar-refractivity contribution in [1.29, 1.82) is 0 Å². The molecule has 0 aromatic heterocycles. The molecule has 0 aliphatic carbocycles. The highest BCUT2D eigenvalue weighted by atomic mass is 16.6. The minimum absolute atomic E-state index is 0.0451.